The maximum atomic E-state index is 12.0. The predicted octanol–water partition coefficient (Wildman–Crippen LogP) is 2.04. The number of nitrogens with zero attached hydrogens (tertiary/aromatic N) is 1. The van der Waals surface area contributed by atoms with Crippen molar-refractivity contribution in [2.24, 2.45) is 0 Å². The molecule has 0 unspecified atom stereocenters. The summed E-state index contributed by atoms with van der Waals surface area (Å²) in [6, 6.07) is 0. The Kier molecular flexibility index (Phi) is 3.74. The van der Waals surface area contributed by atoms with Crippen LogP contribution in [0.4, 0.5) is 13.2 Å². The molecule has 0 fully saturated rings. The number of hydrogen-bond acceptors (Lipinski definition) is 2. The van der Waals surface area contributed by atoms with E-state index < -0.39 is 18.2 Å². The summed E-state index contributed by atoms with van der Waals surface area (Å²) in [5, 5.41) is 0. The molecule has 0 aliphatic carbocycles. The molecule has 1 rings (SSSR count). The first-order chi connectivity index (χ1) is 6.83. The number of alkyl halides is 3. The highest BCUT2D eigenvalue weighted by Crippen LogP contribution is 2.19. The van der Waals surface area contributed by atoms with Crippen LogP contribution >= 0.6 is 22.6 Å². The first-order valence-corrected chi connectivity index (χ1v) is 5.25. The number of nitrogens with one attached hydrogen (secondary N) is 1. The Morgan fingerprint density at radius 2 is 2.07 bits per heavy atom. The lowest BCUT2D eigenvalue weighted by molar-refractivity contribution is -0.128. The third-order valence-corrected chi connectivity index (χ3v) is 2.80. The molecule has 0 amide bonds. The molecule has 0 aromatic carbocycles. The molecule has 15 heavy (non-hydrogen) atoms. The summed E-state index contributed by atoms with van der Waals surface area (Å²) in [6.45, 7) is 1.74. The molecule has 1 N–H and O–H groups in total. The largest absolute Gasteiger partial charge is 0.396 e. The highest BCUT2D eigenvalue weighted by atomic mass is 127. The van der Waals surface area contributed by atoms with Gasteiger partial charge in [-0.2, -0.15) is 13.2 Å². The molecule has 0 spiro atoms. The van der Waals surface area contributed by atoms with E-state index in [-0.39, 0.29) is 5.82 Å². The molecule has 1 aromatic rings. The van der Waals surface area contributed by atoms with Crippen molar-refractivity contribution >= 4 is 22.6 Å². The number of hydrogen-bond donors (Lipinski definition) is 1. The Hall–Kier alpha value is -0.600. The van der Waals surface area contributed by atoms with Crippen molar-refractivity contribution in [2.75, 3.05) is 0 Å². The van der Waals surface area contributed by atoms with Crippen LogP contribution in [-0.4, -0.2) is 16.1 Å². The maximum Gasteiger partial charge on any atom is 0.396 e. The zero-order valence-electron chi connectivity index (χ0n) is 7.78. The topological polar surface area (TPSA) is 45.8 Å². The van der Waals surface area contributed by atoms with Crippen LogP contribution in [0, 0.1) is 3.57 Å². The molecule has 0 atom stereocenters. The van der Waals surface area contributed by atoms with Gasteiger partial charge in [0.25, 0.3) is 5.56 Å². The summed E-state index contributed by atoms with van der Waals surface area (Å²) < 4.78 is 36.5. The Morgan fingerprint density at radius 3 is 2.53 bits per heavy atom. The molecule has 3 nitrogen and oxygen atoms in total. The lowest BCUT2D eigenvalue weighted by atomic mass is 10.3. The van der Waals surface area contributed by atoms with Gasteiger partial charge in [-0.05, 0) is 29.0 Å². The number of aromatic amines is 1. The van der Waals surface area contributed by atoms with Gasteiger partial charge in [-0.3, -0.25) is 4.79 Å². The Balaban J connectivity index is 3.12. The fraction of sp³-hybridized carbons (Fsp3) is 0.500. The molecular formula is C8H8F3IN2O. The van der Waals surface area contributed by atoms with Gasteiger partial charge in [0.05, 0.1) is 9.26 Å². The van der Waals surface area contributed by atoms with Gasteiger partial charge in [-0.15, -0.1) is 0 Å². The average Bonchev–Trinajstić information content (AvgIpc) is 2.08. The SMILES string of the molecule is CCc1nc(CC(F)(F)F)[nH]c(=O)c1I. The van der Waals surface area contributed by atoms with Gasteiger partial charge in [-0.1, -0.05) is 6.92 Å². The summed E-state index contributed by atoms with van der Waals surface area (Å²) in [5.74, 6) is -0.329. The van der Waals surface area contributed by atoms with Crippen LogP contribution in [0.15, 0.2) is 4.79 Å². The Bertz CT molecular complexity index is 413. The monoisotopic (exact) mass is 332 g/mol. The first-order valence-electron chi connectivity index (χ1n) is 4.18. The van der Waals surface area contributed by atoms with Gasteiger partial charge in [0, 0.05) is 0 Å². The van der Waals surface area contributed by atoms with E-state index in [2.05, 4.69) is 9.97 Å². The van der Waals surface area contributed by atoms with E-state index in [4.69, 9.17) is 0 Å². The van der Waals surface area contributed by atoms with Crippen LogP contribution in [0.25, 0.3) is 0 Å². The summed E-state index contributed by atoms with van der Waals surface area (Å²) in [4.78, 5) is 17.1. The lowest BCUT2D eigenvalue weighted by Crippen LogP contribution is -2.22. The van der Waals surface area contributed by atoms with E-state index in [1.165, 1.54) is 0 Å². The normalized spacial score (nSPS) is 11.8. The van der Waals surface area contributed by atoms with Crippen molar-refractivity contribution in [1.29, 1.82) is 0 Å². The fourth-order valence-corrected chi connectivity index (χ4v) is 1.70. The zero-order chi connectivity index (χ0) is 11.6. The first kappa shape index (κ1) is 12.5. The van der Waals surface area contributed by atoms with E-state index in [1.807, 2.05) is 0 Å². The van der Waals surface area contributed by atoms with E-state index in [9.17, 15) is 18.0 Å². The van der Waals surface area contributed by atoms with Gasteiger partial charge in [0.2, 0.25) is 0 Å². The molecule has 0 saturated heterocycles. The van der Waals surface area contributed by atoms with Crippen LogP contribution in [0.5, 0.6) is 0 Å². The summed E-state index contributed by atoms with van der Waals surface area (Å²) >= 11 is 1.77. The van der Waals surface area contributed by atoms with Crippen LogP contribution in [0.2, 0.25) is 0 Å². The van der Waals surface area contributed by atoms with Crippen LogP contribution in [0.1, 0.15) is 18.4 Å². The maximum absolute atomic E-state index is 12.0. The second-order valence-corrected chi connectivity index (χ2v) is 4.00. The minimum Gasteiger partial charge on any atom is -0.309 e. The number of H-pyrrole nitrogens is 1. The highest BCUT2D eigenvalue weighted by molar-refractivity contribution is 14.1. The summed E-state index contributed by atoms with van der Waals surface area (Å²) in [6.07, 6.45) is -5.12. The van der Waals surface area contributed by atoms with Gasteiger partial charge in [0.1, 0.15) is 12.2 Å². The Morgan fingerprint density at radius 1 is 1.47 bits per heavy atom. The van der Waals surface area contributed by atoms with Crippen molar-refractivity contribution in [3.8, 4) is 0 Å². The third kappa shape index (κ3) is 3.47. The number of aryl methyl sites for hydroxylation is 1. The molecule has 1 aromatic heterocycles. The third-order valence-electron chi connectivity index (χ3n) is 1.68. The molecule has 0 radical (unpaired) electrons. The molecule has 84 valence electrons. The number of halogens is 4. The smallest absolute Gasteiger partial charge is 0.309 e. The van der Waals surface area contributed by atoms with Gasteiger partial charge in [0.15, 0.2) is 0 Å². The minimum absolute atomic E-state index is 0.329. The van der Waals surface area contributed by atoms with Crippen molar-refractivity contribution < 1.29 is 13.2 Å². The second-order valence-electron chi connectivity index (χ2n) is 2.92. The van der Waals surface area contributed by atoms with E-state index in [1.54, 1.807) is 29.5 Å². The van der Waals surface area contributed by atoms with Crippen LogP contribution < -0.4 is 5.56 Å². The van der Waals surface area contributed by atoms with E-state index in [0.717, 1.165) is 0 Å². The van der Waals surface area contributed by atoms with Crippen LogP contribution in [-0.2, 0) is 12.8 Å². The van der Waals surface area contributed by atoms with Crippen LogP contribution in [0.3, 0.4) is 0 Å². The summed E-state index contributed by atoms with van der Waals surface area (Å²) in [7, 11) is 0. The quantitative estimate of drug-likeness (QED) is 0.843. The van der Waals surface area contributed by atoms with Gasteiger partial charge >= 0.3 is 6.18 Å². The molecule has 0 saturated carbocycles. The zero-order valence-corrected chi connectivity index (χ0v) is 9.94. The summed E-state index contributed by atoms with van der Waals surface area (Å²) in [5.41, 5.74) is -0.111. The molecule has 1 heterocycles. The Labute approximate surface area is 97.3 Å². The molecule has 0 bridgehead atoms. The molecule has 0 aliphatic heterocycles. The van der Waals surface area contributed by atoms with Crippen molar-refractivity contribution in [2.45, 2.75) is 25.9 Å². The second kappa shape index (κ2) is 4.50. The van der Waals surface area contributed by atoms with E-state index in [0.29, 0.717) is 15.7 Å². The minimum atomic E-state index is -4.35. The number of rotatable bonds is 2. The van der Waals surface area contributed by atoms with Crippen molar-refractivity contribution in [3.05, 3.63) is 25.4 Å². The molecule has 0 aliphatic rings. The van der Waals surface area contributed by atoms with E-state index >= 15 is 0 Å². The van der Waals surface area contributed by atoms with Crippen molar-refractivity contribution in [3.63, 3.8) is 0 Å². The lowest BCUT2D eigenvalue weighted by Gasteiger charge is -2.07. The molecule has 7 heteroatoms. The van der Waals surface area contributed by atoms with Gasteiger partial charge in [-0.25, -0.2) is 4.98 Å². The molecular weight excluding hydrogens is 324 g/mol. The number of aromatic nitrogens is 2. The highest BCUT2D eigenvalue weighted by Gasteiger charge is 2.29. The van der Waals surface area contributed by atoms with Crippen molar-refractivity contribution in [1.82, 2.24) is 9.97 Å². The van der Waals surface area contributed by atoms with Gasteiger partial charge < -0.3 is 4.98 Å². The predicted molar refractivity (Wildman–Crippen MR) is 56.7 cm³/mol. The fourth-order valence-electron chi connectivity index (χ4n) is 1.06. The average molecular weight is 332 g/mol. The standard InChI is InChI=1S/C8H8F3IN2O/c1-2-4-6(12)7(15)14-5(13-4)3-8(9,10)11/h2-3H2,1H3,(H,13,14,15).